The van der Waals surface area contributed by atoms with Crippen molar-refractivity contribution < 1.29 is 19.0 Å². The third kappa shape index (κ3) is 6.37. The Morgan fingerprint density at radius 2 is 2.00 bits per heavy atom. The number of nitrogens with zero attached hydrogens (tertiary/aromatic N) is 6. The maximum absolute atomic E-state index is 14.3. The van der Waals surface area contributed by atoms with Gasteiger partial charge < -0.3 is 24.5 Å². The van der Waals surface area contributed by atoms with E-state index in [0.29, 0.717) is 36.2 Å². The zero-order chi connectivity index (χ0) is 30.8. The quantitative estimate of drug-likeness (QED) is 0.231. The lowest BCUT2D eigenvalue weighted by Crippen LogP contribution is -2.33. The molecule has 1 atom stereocenters. The molecule has 2 aromatic carbocycles. The van der Waals surface area contributed by atoms with E-state index >= 15 is 0 Å². The predicted molar refractivity (Wildman–Crippen MR) is 166 cm³/mol. The standard InChI is InChI=1S/C33H30FN7O3S/c34-26-12-21(14-35)4-5-24(26)19-43-32-3-1-2-27(39-32)22-8-10-40(11-9-22)18-31-38-28-7-6-23(30-16-37-33(42)44-30)13-29(28)41(31)17-25-15-36-20-45-25/h1-7,12-13,15-16,20,22,33,37,42H,8-11,17-19H2. The second kappa shape index (κ2) is 12.6. The summed E-state index contributed by atoms with van der Waals surface area (Å²) in [5, 5.41) is 21.5. The molecular weight excluding hydrogens is 593 g/mol. The van der Waals surface area contributed by atoms with E-state index in [4.69, 9.17) is 24.7 Å². The van der Waals surface area contributed by atoms with Crippen molar-refractivity contribution in [3.63, 3.8) is 0 Å². The molecule has 0 saturated carbocycles. The fourth-order valence-corrected chi connectivity index (χ4v) is 6.38. The van der Waals surface area contributed by atoms with Gasteiger partial charge in [-0.05, 0) is 62.3 Å². The van der Waals surface area contributed by atoms with Gasteiger partial charge in [0.25, 0.3) is 6.41 Å². The van der Waals surface area contributed by atoms with Crippen molar-refractivity contribution in [3.8, 4) is 11.9 Å². The second-order valence-corrected chi connectivity index (χ2v) is 12.1. The highest BCUT2D eigenvalue weighted by Gasteiger charge is 2.25. The van der Waals surface area contributed by atoms with Gasteiger partial charge in [-0.3, -0.25) is 9.88 Å². The number of aromatic nitrogens is 4. The van der Waals surface area contributed by atoms with Crippen LogP contribution in [-0.2, 0) is 24.4 Å². The average Bonchev–Trinajstić information content (AvgIpc) is 3.82. The topological polar surface area (TPSA) is 121 Å². The van der Waals surface area contributed by atoms with Gasteiger partial charge in [0, 0.05) is 46.1 Å². The van der Waals surface area contributed by atoms with Crippen molar-refractivity contribution >= 4 is 28.1 Å². The molecule has 7 rings (SSSR count). The van der Waals surface area contributed by atoms with Crippen molar-refractivity contribution in [2.75, 3.05) is 13.1 Å². The van der Waals surface area contributed by atoms with Crippen LogP contribution in [0.2, 0.25) is 0 Å². The van der Waals surface area contributed by atoms with Crippen molar-refractivity contribution in [2.45, 2.75) is 44.9 Å². The highest BCUT2D eigenvalue weighted by atomic mass is 32.1. The number of rotatable bonds is 9. The van der Waals surface area contributed by atoms with Gasteiger partial charge in [-0.1, -0.05) is 12.1 Å². The van der Waals surface area contributed by atoms with Gasteiger partial charge in [0.05, 0.1) is 41.3 Å². The number of hydrogen-bond donors (Lipinski definition) is 2. The van der Waals surface area contributed by atoms with Crippen molar-refractivity contribution in [1.82, 2.24) is 29.7 Å². The summed E-state index contributed by atoms with van der Waals surface area (Å²) in [7, 11) is 0. The van der Waals surface area contributed by atoms with E-state index in [1.54, 1.807) is 35.7 Å². The minimum atomic E-state index is -1.04. The van der Waals surface area contributed by atoms with Gasteiger partial charge in [0.2, 0.25) is 5.88 Å². The summed E-state index contributed by atoms with van der Waals surface area (Å²) in [6, 6.07) is 18.1. The molecular formula is C33H30FN7O3S. The van der Waals surface area contributed by atoms with Crippen LogP contribution >= 0.6 is 11.3 Å². The van der Waals surface area contributed by atoms with Crippen molar-refractivity contribution in [2.24, 2.45) is 0 Å². The number of likely N-dealkylation sites (tertiary alicyclic amines) is 1. The molecule has 1 unspecified atom stereocenters. The Bertz CT molecular complexity index is 1890. The lowest BCUT2D eigenvalue weighted by atomic mass is 9.93. The van der Waals surface area contributed by atoms with E-state index in [2.05, 4.69) is 25.8 Å². The van der Waals surface area contributed by atoms with Crippen LogP contribution in [0, 0.1) is 17.1 Å². The molecule has 1 fully saturated rings. The zero-order valence-corrected chi connectivity index (χ0v) is 25.1. The number of benzene rings is 2. The zero-order valence-electron chi connectivity index (χ0n) is 24.3. The van der Waals surface area contributed by atoms with Crippen LogP contribution in [0.15, 0.2) is 72.5 Å². The van der Waals surface area contributed by atoms with Gasteiger partial charge in [-0.2, -0.15) is 5.26 Å². The summed E-state index contributed by atoms with van der Waals surface area (Å²) in [6.45, 7) is 3.21. The number of aliphatic hydroxyl groups is 1. The molecule has 5 heterocycles. The molecule has 2 N–H and O–H groups in total. The van der Waals surface area contributed by atoms with Gasteiger partial charge in [0.1, 0.15) is 24.0 Å². The molecule has 0 bridgehead atoms. The summed E-state index contributed by atoms with van der Waals surface area (Å²) in [5.41, 5.74) is 6.24. The Kier molecular flexibility index (Phi) is 8.13. The van der Waals surface area contributed by atoms with Crippen LogP contribution < -0.4 is 10.1 Å². The average molecular weight is 624 g/mol. The van der Waals surface area contributed by atoms with Crippen LogP contribution in [0.5, 0.6) is 5.88 Å². The molecule has 0 radical (unpaired) electrons. The summed E-state index contributed by atoms with van der Waals surface area (Å²) < 4.78 is 27.9. The van der Waals surface area contributed by atoms with E-state index in [-0.39, 0.29) is 12.2 Å². The molecule has 10 nitrogen and oxygen atoms in total. The molecule has 12 heteroatoms. The van der Waals surface area contributed by atoms with Crippen LogP contribution in [0.1, 0.15) is 51.8 Å². The minimum absolute atomic E-state index is 0.0416. The lowest BCUT2D eigenvalue weighted by molar-refractivity contribution is -0.0391. The van der Waals surface area contributed by atoms with Gasteiger partial charge in [0.15, 0.2) is 0 Å². The summed E-state index contributed by atoms with van der Waals surface area (Å²) >= 11 is 1.62. The first kappa shape index (κ1) is 28.9. The molecule has 0 aliphatic carbocycles. The van der Waals surface area contributed by atoms with Crippen molar-refractivity contribution in [3.05, 3.63) is 111 Å². The number of imidazole rings is 1. The van der Waals surface area contributed by atoms with Gasteiger partial charge >= 0.3 is 0 Å². The number of hydrogen-bond acceptors (Lipinski definition) is 10. The van der Waals surface area contributed by atoms with Crippen LogP contribution in [0.3, 0.4) is 0 Å². The number of aliphatic hydroxyl groups excluding tert-OH is 1. The van der Waals surface area contributed by atoms with Crippen LogP contribution in [0.25, 0.3) is 16.8 Å². The summed E-state index contributed by atoms with van der Waals surface area (Å²) in [4.78, 5) is 17.6. The minimum Gasteiger partial charge on any atom is -0.473 e. The molecule has 5 aromatic rings. The second-order valence-electron chi connectivity index (χ2n) is 11.1. The maximum atomic E-state index is 14.3. The van der Waals surface area contributed by atoms with Crippen LogP contribution in [0.4, 0.5) is 4.39 Å². The normalized spacial score (nSPS) is 17.1. The number of piperidine rings is 1. The molecule has 0 amide bonds. The molecule has 2 aliphatic rings. The third-order valence-electron chi connectivity index (χ3n) is 8.18. The summed E-state index contributed by atoms with van der Waals surface area (Å²) in [6.07, 6.45) is 4.42. The molecule has 228 valence electrons. The Hall–Kier alpha value is -4.83. The van der Waals surface area contributed by atoms with Gasteiger partial charge in [-0.25, -0.2) is 14.4 Å². The molecule has 3 aromatic heterocycles. The van der Waals surface area contributed by atoms with Crippen molar-refractivity contribution in [1.29, 1.82) is 5.26 Å². The smallest absolute Gasteiger partial charge is 0.278 e. The first-order chi connectivity index (χ1) is 22.0. The fraction of sp³-hybridized carbons (Fsp3) is 0.273. The van der Waals surface area contributed by atoms with E-state index < -0.39 is 12.2 Å². The number of ether oxygens (including phenoxy) is 2. The number of pyridine rings is 1. The van der Waals surface area contributed by atoms with Gasteiger partial charge in [-0.15, -0.1) is 11.3 Å². The maximum Gasteiger partial charge on any atom is 0.278 e. The number of halogens is 1. The van der Waals surface area contributed by atoms with E-state index in [9.17, 15) is 9.50 Å². The number of fused-ring (bicyclic) bond motifs is 1. The molecule has 1 saturated heterocycles. The number of nitrogens with one attached hydrogen (secondary N) is 1. The first-order valence-electron chi connectivity index (χ1n) is 14.7. The number of nitriles is 1. The Labute approximate surface area is 263 Å². The first-order valence-corrected chi connectivity index (χ1v) is 15.6. The van der Waals surface area contributed by atoms with E-state index in [1.807, 2.05) is 42.0 Å². The largest absolute Gasteiger partial charge is 0.473 e. The SMILES string of the molecule is N#Cc1ccc(COc2cccc(C3CCN(Cc4nc5ccc(C6=CNC(O)O6)cc5n4Cc4cncs4)CC3)n2)c(F)c1. The summed E-state index contributed by atoms with van der Waals surface area (Å²) in [5.74, 6) is 1.86. The monoisotopic (exact) mass is 623 g/mol. The molecule has 0 spiro atoms. The fourth-order valence-electron chi connectivity index (χ4n) is 5.80. The number of thiazole rings is 1. The third-order valence-corrected chi connectivity index (χ3v) is 8.94. The Morgan fingerprint density at radius 3 is 2.76 bits per heavy atom. The van der Waals surface area contributed by atoms with Crippen LogP contribution in [-0.4, -0.2) is 49.0 Å². The molecule has 2 aliphatic heterocycles. The Morgan fingerprint density at radius 1 is 1.11 bits per heavy atom. The predicted octanol–water partition coefficient (Wildman–Crippen LogP) is 5.10. The van der Waals surface area contributed by atoms with E-state index in [0.717, 1.165) is 58.9 Å². The molecule has 45 heavy (non-hydrogen) atoms. The Balaban J connectivity index is 1.03. The van der Waals surface area contributed by atoms with E-state index in [1.165, 1.54) is 6.07 Å². The highest BCUT2D eigenvalue weighted by molar-refractivity contribution is 7.09. The lowest BCUT2D eigenvalue weighted by Gasteiger charge is -2.31. The highest BCUT2D eigenvalue weighted by Crippen LogP contribution is 2.31.